The average Bonchev–Trinajstić information content (AvgIpc) is 3.14. The number of methoxy groups -OCH3 is 2. The average molecular weight is 459 g/mol. The smallest absolute Gasteiger partial charge is 0.271 e. The lowest BCUT2D eigenvalue weighted by molar-refractivity contribution is 0.0953. The molecule has 0 bridgehead atoms. The fourth-order valence-electron chi connectivity index (χ4n) is 3.70. The summed E-state index contributed by atoms with van der Waals surface area (Å²) in [7, 11) is 3.00. The van der Waals surface area contributed by atoms with Gasteiger partial charge in [-0.25, -0.2) is 9.82 Å². The van der Waals surface area contributed by atoms with E-state index in [0.717, 1.165) is 5.52 Å². The van der Waals surface area contributed by atoms with Crippen LogP contribution in [0.15, 0.2) is 72.0 Å². The van der Waals surface area contributed by atoms with Crippen LogP contribution < -0.4 is 14.9 Å². The summed E-state index contributed by atoms with van der Waals surface area (Å²) in [6.45, 7) is 1.81. The maximum absolute atomic E-state index is 13.3. The van der Waals surface area contributed by atoms with E-state index in [1.54, 1.807) is 35.7 Å². The number of pyridine rings is 1. The van der Waals surface area contributed by atoms with Crippen molar-refractivity contribution >= 4 is 23.4 Å². The molecule has 0 spiro atoms. The lowest BCUT2D eigenvalue weighted by atomic mass is 10.0. The molecule has 0 aliphatic rings. The molecule has 0 aliphatic carbocycles. The van der Waals surface area contributed by atoms with Crippen molar-refractivity contribution in [2.24, 2.45) is 5.10 Å². The minimum absolute atomic E-state index is 0.245. The van der Waals surface area contributed by atoms with Crippen LogP contribution in [-0.2, 0) is 0 Å². The topological polar surface area (TPSA) is 81.4 Å². The number of amides is 1. The summed E-state index contributed by atoms with van der Waals surface area (Å²) in [5, 5.41) is 4.12. The highest BCUT2D eigenvalue weighted by Crippen LogP contribution is 2.25. The molecule has 8 heteroatoms. The predicted molar refractivity (Wildman–Crippen MR) is 127 cm³/mol. The third-order valence-corrected chi connectivity index (χ3v) is 5.43. The van der Waals surface area contributed by atoms with Gasteiger partial charge in [0, 0.05) is 29.0 Å². The molecule has 0 atom stereocenters. The molecule has 7 nitrogen and oxygen atoms in total. The standard InChI is InChI=1S/C26H22FN3O4/c1-16-22(15-28-29-26(32)18-12-20(33-2)14-21(13-18)34-3)23-6-4-5-11-30(23)24(16)25(31)17-7-9-19(27)10-8-17/h4-15H,1-3H3,(H,29,32)/b28-15+. The summed E-state index contributed by atoms with van der Waals surface area (Å²) in [6.07, 6.45) is 3.28. The van der Waals surface area contributed by atoms with Gasteiger partial charge in [-0.05, 0) is 61.0 Å². The first-order valence-corrected chi connectivity index (χ1v) is 10.4. The summed E-state index contributed by atoms with van der Waals surface area (Å²) in [5.74, 6) is -0.146. The largest absolute Gasteiger partial charge is 0.497 e. The van der Waals surface area contributed by atoms with E-state index in [0.29, 0.717) is 39.4 Å². The Kier molecular flexibility index (Phi) is 6.40. The lowest BCUT2D eigenvalue weighted by Crippen LogP contribution is -2.17. The Morgan fingerprint density at radius 1 is 0.971 bits per heavy atom. The monoisotopic (exact) mass is 459 g/mol. The highest BCUT2D eigenvalue weighted by atomic mass is 19.1. The number of benzene rings is 2. The molecule has 2 aromatic carbocycles. The molecule has 1 amide bonds. The first-order valence-electron chi connectivity index (χ1n) is 10.4. The summed E-state index contributed by atoms with van der Waals surface area (Å²) in [6, 6.07) is 15.7. The number of aromatic nitrogens is 1. The van der Waals surface area contributed by atoms with Gasteiger partial charge in [0.2, 0.25) is 5.78 Å². The Balaban J connectivity index is 1.65. The first-order chi connectivity index (χ1) is 16.4. The predicted octanol–water partition coefficient (Wildman–Crippen LogP) is 4.40. The molecule has 0 saturated heterocycles. The van der Waals surface area contributed by atoms with Crippen molar-refractivity contribution in [3.8, 4) is 11.5 Å². The second-order valence-electron chi connectivity index (χ2n) is 7.48. The van der Waals surface area contributed by atoms with Gasteiger partial charge >= 0.3 is 0 Å². The van der Waals surface area contributed by atoms with Crippen LogP contribution in [0, 0.1) is 12.7 Å². The summed E-state index contributed by atoms with van der Waals surface area (Å²) >= 11 is 0. The fraction of sp³-hybridized carbons (Fsp3) is 0.115. The molecular formula is C26H22FN3O4. The van der Waals surface area contributed by atoms with E-state index in [-0.39, 0.29) is 5.78 Å². The molecule has 2 heterocycles. The lowest BCUT2D eigenvalue weighted by Gasteiger charge is -2.07. The molecule has 4 rings (SSSR count). The van der Waals surface area contributed by atoms with E-state index in [2.05, 4.69) is 10.5 Å². The summed E-state index contributed by atoms with van der Waals surface area (Å²) < 4.78 is 25.5. The third-order valence-electron chi connectivity index (χ3n) is 5.43. The zero-order valence-electron chi connectivity index (χ0n) is 18.8. The normalized spacial score (nSPS) is 11.1. The molecule has 0 radical (unpaired) electrons. The van der Waals surface area contributed by atoms with Crippen LogP contribution in [-0.4, -0.2) is 36.5 Å². The molecule has 34 heavy (non-hydrogen) atoms. The van der Waals surface area contributed by atoms with Gasteiger partial charge in [-0.15, -0.1) is 0 Å². The molecule has 0 aliphatic heterocycles. The number of carbonyl (C=O) groups is 2. The number of ketones is 1. The highest BCUT2D eigenvalue weighted by Gasteiger charge is 2.21. The van der Waals surface area contributed by atoms with Gasteiger partial charge in [0.05, 0.1) is 31.6 Å². The van der Waals surface area contributed by atoms with Gasteiger partial charge in [-0.2, -0.15) is 5.10 Å². The molecule has 2 aromatic heterocycles. The molecule has 0 fully saturated rings. The Bertz CT molecular complexity index is 1390. The number of hydrazone groups is 1. The van der Waals surface area contributed by atoms with E-state index in [1.807, 2.05) is 18.2 Å². The SMILES string of the molecule is COc1cc(OC)cc(C(=O)N/N=C/c2c(C)c(C(=O)c3ccc(F)cc3)n3ccccc23)c1. The van der Waals surface area contributed by atoms with Crippen molar-refractivity contribution in [1.29, 1.82) is 0 Å². The van der Waals surface area contributed by atoms with Gasteiger partial charge in [-0.3, -0.25) is 9.59 Å². The first kappa shape index (κ1) is 22.7. The summed E-state index contributed by atoms with van der Waals surface area (Å²) in [5.41, 5.74) is 5.73. The summed E-state index contributed by atoms with van der Waals surface area (Å²) in [4.78, 5) is 25.8. The van der Waals surface area contributed by atoms with Crippen molar-refractivity contribution < 1.29 is 23.5 Å². The number of carbonyl (C=O) groups excluding carboxylic acids is 2. The van der Waals surface area contributed by atoms with Crippen LogP contribution in [0.25, 0.3) is 5.52 Å². The zero-order chi connectivity index (χ0) is 24.2. The Labute approximate surface area is 195 Å². The number of fused-ring (bicyclic) bond motifs is 1. The number of hydrogen-bond donors (Lipinski definition) is 1. The maximum Gasteiger partial charge on any atom is 0.271 e. The van der Waals surface area contributed by atoms with Crippen LogP contribution in [0.2, 0.25) is 0 Å². The van der Waals surface area contributed by atoms with Crippen LogP contribution in [0.3, 0.4) is 0 Å². The third kappa shape index (κ3) is 4.38. The number of rotatable bonds is 7. The fourth-order valence-corrected chi connectivity index (χ4v) is 3.70. The van der Waals surface area contributed by atoms with Gasteiger partial charge in [0.25, 0.3) is 5.91 Å². The molecule has 1 N–H and O–H groups in total. The number of ether oxygens (including phenoxy) is 2. The second kappa shape index (κ2) is 9.58. The van der Waals surface area contributed by atoms with E-state index in [1.165, 1.54) is 44.7 Å². The number of nitrogens with zero attached hydrogens (tertiary/aromatic N) is 2. The minimum Gasteiger partial charge on any atom is -0.497 e. The second-order valence-corrected chi connectivity index (χ2v) is 7.48. The van der Waals surface area contributed by atoms with Gasteiger partial charge in [-0.1, -0.05) is 6.07 Å². The van der Waals surface area contributed by atoms with Gasteiger partial charge in [0.15, 0.2) is 0 Å². The zero-order valence-corrected chi connectivity index (χ0v) is 18.8. The van der Waals surface area contributed by atoms with Crippen molar-refractivity contribution in [1.82, 2.24) is 9.83 Å². The van der Waals surface area contributed by atoms with E-state index >= 15 is 0 Å². The highest BCUT2D eigenvalue weighted by molar-refractivity contribution is 6.12. The Morgan fingerprint density at radius 3 is 2.29 bits per heavy atom. The van der Waals surface area contributed by atoms with E-state index in [4.69, 9.17) is 9.47 Å². The molecule has 0 saturated carbocycles. The van der Waals surface area contributed by atoms with Crippen LogP contribution in [0.4, 0.5) is 4.39 Å². The van der Waals surface area contributed by atoms with Crippen molar-refractivity contribution in [3.05, 3.63) is 101 Å². The number of halogens is 1. The Hall–Kier alpha value is -4.46. The maximum atomic E-state index is 13.3. The minimum atomic E-state index is -0.447. The Morgan fingerprint density at radius 2 is 1.65 bits per heavy atom. The molecular weight excluding hydrogens is 437 g/mol. The number of nitrogens with one attached hydrogen (secondary N) is 1. The molecule has 4 aromatic rings. The molecule has 0 unspecified atom stereocenters. The number of hydrogen-bond acceptors (Lipinski definition) is 5. The van der Waals surface area contributed by atoms with E-state index < -0.39 is 11.7 Å². The quantitative estimate of drug-likeness (QED) is 0.252. The molecule has 172 valence electrons. The van der Waals surface area contributed by atoms with Crippen molar-refractivity contribution in [3.63, 3.8) is 0 Å². The van der Waals surface area contributed by atoms with Crippen LogP contribution in [0.5, 0.6) is 11.5 Å². The van der Waals surface area contributed by atoms with E-state index in [9.17, 15) is 14.0 Å². The van der Waals surface area contributed by atoms with Crippen molar-refractivity contribution in [2.45, 2.75) is 6.92 Å². The van der Waals surface area contributed by atoms with Crippen LogP contribution >= 0.6 is 0 Å². The van der Waals surface area contributed by atoms with Gasteiger partial charge < -0.3 is 13.9 Å². The van der Waals surface area contributed by atoms with Gasteiger partial charge in [0.1, 0.15) is 17.3 Å². The van der Waals surface area contributed by atoms with Crippen LogP contribution in [0.1, 0.15) is 37.5 Å². The van der Waals surface area contributed by atoms with Crippen molar-refractivity contribution in [2.75, 3.05) is 14.2 Å².